The van der Waals surface area contributed by atoms with Crippen LogP contribution in [0.3, 0.4) is 0 Å². The fourth-order valence-corrected chi connectivity index (χ4v) is 3.19. The van der Waals surface area contributed by atoms with Crippen LogP contribution < -0.4 is 10.1 Å². The Hall–Kier alpha value is -0.940. The molecule has 1 heterocycles. The Labute approximate surface area is 110 Å². The van der Waals surface area contributed by atoms with Crippen molar-refractivity contribution in [3.8, 4) is 5.75 Å². The van der Waals surface area contributed by atoms with Crippen molar-refractivity contribution in [1.29, 1.82) is 0 Å². The molecule has 1 atom stereocenters. The lowest BCUT2D eigenvalue weighted by molar-refractivity contribution is 0.415. The predicted octanol–water partition coefficient (Wildman–Crippen LogP) is 3.47. The molecule has 0 fully saturated rings. The van der Waals surface area contributed by atoms with E-state index in [4.69, 9.17) is 4.74 Å². The highest BCUT2D eigenvalue weighted by Gasteiger charge is 2.07. The highest BCUT2D eigenvalue weighted by atomic mass is 32.2. The van der Waals surface area contributed by atoms with Gasteiger partial charge in [0, 0.05) is 11.8 Å². The van der Waals surface area contributed by atoms with Gasteiger partial charge in [0.05, 0.1) is 17.3 Å². The van der Waals surface area contributed by atoms with Gasteiger partial charge in [-0.15, -0.1) is 0 Å². The summed E-state index contributed by atoms with van der Waals surface area (Å²) in [4.78, 5) is 4.55. The normalized spacial score (nSPS) is 12.6. The second-order valence-electron chi connectivity index (χ2n) is 3.85. The van der Waals surface area contributed by atoms with Crippen LogP contribution in [0.4, 0.5) is 5.13 Å². The molecule has 17 heavy (non-hydrogen) atoms. The van der Waals surface area contributed by atoms with Crippen molar-refractivity contribution in [2.75, 3.05) is 24.4 Å². The van der Waals surface area contributed by atoms with Crippen LogP contribution in [0.2, 0.25) is 0 Å². The second-order valence-corrected chi connectivity index (χ2v) is 5.79. The van der Waals surface area contributed by atoms with Gasteiger partial charge in [-0.1, -0.05) is 11.3 Å². The summed E-state index contributed by atoms with van der Waals surface area (Å²) in [5.74, 6) is 1.96. The molecule has 1 unspecified atom stereocenters. The first-order valence-corrected chi connectivity index (χ1v) is 7.64. The van der Waals surface area contributed by atoms with Crippen molar-refractivity contribution in [3.63, 3.8) is 0 Å². The number of aromatic nitrogens is 1. The maximum atomic E-state index is 5.21. The van der Waals surface area contributed by atoms with E-state index in [2.05, 4.69) is 23.5 Å². The number of hydrogen-bond acceptors (Lipinski definition) is 5. The van der Waals surface area contributed by atoms with Crippen molar-refractivity contribution >= 4 is 38.4 Å². The molecule has 0 aliphatic rings. The fraction of sp³-hybridized carbons (Fsp3) is 0.417. The predicted molar refractivity (Wildman–Crippen MR) is 77.6 cm³/mol. The SMILES string of the molecule is COc1ccc2nc(NC(C)CSC)sc2c1. The van der Waals surface area contributed by atoms with Crippen LogP contribution in [0, 0.1) is 0 Å². The van der Waals surface area contributed by atoms with Crippen LogP contribution in [0.15, 0.2) is 18.2 Å². The van der Waals surface area contributed by atoms with Crippen LogP contribution in [-0.2, 0) is 0 Å². The molecule has 0 amide bonds. The molecular formula is C12H16N2OS2. The standard InChI is InChI=1S/C12H16N2OS2/c1-8(7-16-3)13-12-14-10-5-4-9(15-2)6-11(10)17-12/h4-6,8H,7H2,1-3H3,(H,13,14). The van der Waals surface area contributed by atoms with Gasteiger partial charge in [0.2, 0.25) is 0 Å². The Morgan fingerprint density at radius 3 is 3.06 bits per heavy atom. The summed E-state index contributed by atoms with van der Waals surface area (Å²) in [7, 11) is 1.68. The molecule has 1 N–H and O–H groups in total. The molecule has 0 saturated heterocycles. The van der Waals surface area contributed by atoms with E-state index in [-0.39, 0.29) is 0 Å². The van der Waals surface area contributed by atoms with Crippen LogP contribution >= 0.6 is 23.1 Å². The second kappa shape index (κ2) is 5.60. The molecule has 92 valence electrons. The van der Waals surface area contributed by atoms with E-state index >= 15 is 0 Å². The molecule has 0 spiro atoms. The maximum absolute atomic E-state index is 5.21. The summed E-state index contributed by atoms with van der Waals surface area (Å²) < 4.78 is 6.36. The lowest BCUT2D eigenvalue weighted by atomic mass is 10.3. The van der Waals surface area contributed by atoms with E-state index in [0.29, 0.717) is 6.04 Å². The number of benzene rings is 1. The molecular weight excluding hydrogens is 252 g/mol. The summed E-state index contributed by atoms with van der Waals surface area (Å²) in [6.45, 7) is 2.17. The Morgan fingerprint density at radius 1 is 1.53 bits per heavy atom. The van der Waals surface area contributed by atoms with Gasteiger partial charge >= 0.3 is 0 Å². The Kier molecular flexibility index (Phi) is 4.12. The summed E-state index contributed by atoms with van der Waals surface area (Å²) in [6, 6.07) is 6.40. The first-order chi connectivity index (χ1) is 8.22. The van der Waals surface area contributed by atoms with Gasteiger partial charge in [-0.3, -0.25) is 0 Å². The average Bonchev–Trinajstić information content (AvgIpc) is 2.69. The molecule has 3 nitrogen and oxygen atoms in total. The number of anilines is 1. The molecule has 1 aromatic heterocycles. The highest BCUT2D eigenvalue weighted by Crippen LogP contribution is 2.29. The molecule has 2 aromatic rings. The molecule has 1 aromatic carbocycles. The number of thioether (sulfide) groups is 1. The van der Waals surface area contributed by atoms with Gasteiger partial charge in [-0.25, -0.2) is 4.98 Å². The number of methoxy groups -OCH3 is 1. The number of nitrogens with zero attached hydrogens (tertiary/aromatic N) is 1. The topological polar surface area (TPSA) is 34.1 Å². The molecule has 0 aliphatic carbocycles. The van der Waals surface area contributed by atoms with Gasteiger partial charge in [0.25, 0.3) is 0 Å². The minimum absolute atomic E-state index is 0.437. The number of hydrogen-bond donors (Lipinski definition) is 1. The van der Waals surface area contributed by atoms with Crippen LogP contribution in [0.1, 0.15) is 6.92 Å². The number of nitrogens with one attached hydrogen (secondary N) is 1. The van der Waals surface area contributed by atoms with Gasteiger partial charge in [-0.2, -0.15) is 11.8 Å². The van der Waals surface area contributed by atoms with Crippen molar-refractivity contribution in [1.82, 2.24) is 4.98 Å². The lowest BCUT2D eigenvalue weighted by Crippen LogP contribution is -2.17. The van der Waals surface area contributed by atoms with Gasteiger partial charge < -0.3 is 10.1 Å². The monoisotopic (exact) mass is 268 g/mol. The number of ether oxygens (including phenoxy) is 1. The van der Waals surface area contributed by atoms with Crippen LogP contribution in [0.5, 0.6) is 5.75 Å². The van der Waals surface area contributed by atoms with E-state index < -0.39 is 0 Å². The minimum atomic E-state index is 0.437. The molecule has 5 heteroatoms. The molecule has 0 bridgehead atoms. The van der Waals surface area contributed by atoms with E-state index in [1.165, 1.54) is 0 Å². The van der Waals surface area contributed by atoms with Crippen molar-refractivity contribution in [3.05, 3.63) is 18.2 Å². The van der Waals surface area contributed by atoms with Crippen molar-refractivity contribution in [2.45, 2.75) is 13.0 Å². The zero-order valence-electron chi connectivity index (χ0n) is 10.2. The fourth-order valence-electron chi connectivity index (χ4n) is 1.60. The average molecular weight is 268 g/mol. The largest absolute Gasteiger partial charge is 0.497 e. The van der Waals surface area contributed by atoms with Crippen molar-refractivity contribution < 1.29 is 4.74 Å². The van der Waals surface area contributed by atoms with Crippen LogP contribution in [-0.4, -0.2) is 30.1 Å². The summed E-state index contributed by atoms with van der Waals surface area (Å²) in [5, 5.41) is 4.40. The van der Waals surface area contributed by atoms with Gasteiger partial charge in [-0.05, 0) is 31.4 Å². The zero-order valence-corrected chi connectivity index (χ0v) is 11.8. The van der Waals surface area contributed by atoms with Crippen molar-refractivity contribution in [2.24, 2.45) is 0 Å². The molecule has 2 rings (SSSR count). The smallest absolute Gasteiger partial charge is 0.184 e. The highest BCUT2D eigenvalue weighted by molar-refractivity contribution is 7.98. The Morgan fingerprint density at radius 2 is 2.35 bits per heavy atom. The first-order valence-electron chi connectivity index (χ1n) is 5.43. The Bertz CT molecular complexity index is 498. The summed E-state index contributed by atoms with van der Waals surface area (Å²) in [6.07, 6.45) is 2.11. The van der Waals surface area contributed by atoms with E-state index in [9.17, 15) is 0 Å². The van der Waals surface area contributed by atoms with Crippen LogP contribution in [0.25, 0.3) is 10.2 Å². The summed E-state index contributed by atoms with van der Waals surface area (Å²) >= 11 is 3.51. The third-order valence-electron chi connectivity index (χ3n) is 2.38. The molecule has 0 radical (unpaired) electrons. The van der Waals surface area contributed by atoms with E-state index in [1.807, 2.05) is 30.0 Å². The minimum Gasteiger partial charge on any atom is -0.497 e. The number of thiazole rings is 1. The van der Waals surface area contributed by atoms with Gasteiger partial charge in [0.1, 0.15) is 5.75 Å². The van der Waals surface area contributed by atoms with E-state index in [0.717, 1.165) is 26.9 Å². The first kappa shape index (κ1) is 12.5. The third-order valence-corrected chi connectivity index (χ3v) is 4.16. The lowest BCUT2D eigenvalue weighted by Gasteiger charge is -2.09. The Balaban J connectivity index is 2.19. The maximum Gasteiger partial charge on any atom is 0.184 e. The quantitative estimate of drug-likeness (QED) is 0.900. The number of rotatable bonds is 5. The third kappa shape index (κ3) is 3.04. The zero-order chi connectivity index (χ0) is 12.3. The molecule has 0 aliphatic heterocycles. The number of fused-ring (bicyclic) bond motifs is 1. The molecule has 0 saturated carbocycles. The summed E-state index contributed by atoms with van der Waals surface area (Å²) in [5.41, 5.74) is 1.02. The van der Waals surface area contributed by atoms with E-state index in [1.54, 1.807) is 18.4 Å². The van der Waals surface area contributed by atoms with Gasteiger partial charge in [0.15, 0.2) is 5.13 Å².